The van der Waals surface area contributed by atoms with Gasteiger partial charge in [-0.25, -0.2) is 4.89 Å². The lowest BCUT2D eigenvalue weighted by Gasteiger charge is -2.26. The third kappa shape index (κ3) is 2.75. The fourth-order valence-corrected chi connectivity index (χ4v) is 2.35. The SMILES string of the molecule is CC1(c2ccccc2)OCCC(c2ccccc2)OO1. The van der Waals surface area contributed by atoms with Gasteiger partial charge in [0, 0.05) is 12.0 Å². The molecule has 2 aromatic rings. The summed E-state index contributed by atoms with van der Waals surface area (Å²) >= 11 is 0. The van der Waals surface area contributed by atoms with E-state index < -0.39 is 5.79 Å². The van der Waals surface area contributed by atoms with Crippen LogP contribution in [-0.2, 0) is 20.3 Å². The summed E-state index contributed by atoms with van der Waals surface area (Å²) in [6, 6.07) is 19.9. The number of hydrogen-bond acceptors (Lipinski definition) is 3. The van der Waals surface area contributed by atoms with E-state index in [0.29, 0.717) is 6.61 Å². The largest absolute Gasteiger partial charge is 0.344 e. The predicted octanol–water partition coefficient (Wildman–Crippen LogP) is 3.97. The molecule has 3 heteroatoms. The number of rotatable bonds is 2. The molecular weight excluding hydrogens is 252 g/mol. The van der Waals surface area contributed by atoms with Gasteiger partial charge in [-0.15, -0.1) is 0 Å². The van der Waals surface area contributed by atoms with Crippen LogP contribution in [0.3, 0.4) is 0 Å². The summed E-state index contributed by atoms with van der Waals surface area (Å²) in [5, 5.41) is 0. The molecular formula is C17H18O3. The van der Waals surface area contributed by atoms with E-state index in [9.17, 15) is 0 Å². The first kappa shape index (κ1) is 13.3. The van der Waals surface area contributed by atoms with Crippen LogP contribution in [0.25, 0.3) is 0 Å². The quantitative estimate of drug-likeness (QED) is 0.773. The first-order chi connectivity index (χ1) is 9.78. The Bertz CT molecular complexity index is 541. The topological polar surface area (TPSA) is 27.7 Å². The summed E-state index contributed by atoms with van der Waals surface area (Å²) in [7, 11) is 0. The number of hydrogen-bond donors (Lipinski definition) is 0. The zero-order valence-electron chi connectivity index (χ0n) is 11.5. The fraction of sp³-hybridized carbons (Fsp3) is 0.294. The molecule has 1 heterocycles. The van der Waals surface area contributed by atoms with Gasteiger partial charge in [-0.1, -0.05) is 60.7 Å². The van der Waals surface area contributed by atoms with Gasteiger partial charge in [-0.2, -0.15) is 4.89 Å². The number of ether oxygens (including phenoxy) is 1. The van der Waals surface area contributed by atoms with Gasteiger partial charge >= 0.3 is 0 Å². The molecule has 0 aromatic heterocycles. The molecule has 0 aliphatic carbocycles. The van der Waals surface area contributed by atoms with Crippen molar-refractivity contribution >= 4 is 0 Å². The van der Waals surface area contributed by atoms with Crippen LogP contribution in [0, 0.1) is 0 Å². The standard InChI is InChI=1S/C17H18O3/c1-17(15-10-6-3-7-11-15)18-13-12-16(19-20-17)14-8-4-2-5-9-14/h2-11,16H,12-13H2,1H3. The fourth-order valence-electron chi connectivity index (χ4n) is 2.35. The summed E-state index contributed by atoms with van der Waals surface area (Å²) < 4.78 is 5.88. The average Bonchev–Trinajstić information content (AvgIpc) is 2.72. The lowest BCUT2D eigenvalue weighted by molar-refractivity contribution is -0.433. The molecule has 1 fully saturated rings. The third-order valence-electron chi connectivity index (χ3n) is 3.55. The van der Waals surface area contributed by atoms with E-state index in [-0.39, 0.29) is 6.10 Å². The van der Waals surface area contributed by atoms with Gasteiger partial charge in [-0.3, -0.25) is 0 Å². The second kappa shape index (κ2) is 5.75. The Labute approximate surface area is 119 Å². The van der Waals surface area contributed by atoms with Gasteiger partial charge in [0.1, 0.15) is 6.10 Å². The minimum atomic E-state index is -0.856. The maximum atomic E-state index is 5.88. The molecule has 1 aliphatic heterocycles. The minimum Gasteiger partial charge on any atom is -0.344 e. The first-order valence-electron chi connectivity index (χ1n) is 6.87. The van der Waals surface area contributed by atoms with Crippen molar-refractivity contribution in [1.29, 1.82) is 0 Å². The molecule has 3 nitrogen and oxygen atoms in total. The van der Waals surface area contributed by atoms with Gasteiger partial charge in [0.15, 0.2) is 0 Å². The number of benzene rings is 2. The van der Waals surface area contributed by atoms with Crippen LogP contribution in [0.4, 0.5) is 0 Å². The van der Waals surface area contributed by atoms with Crippen LogP contribution in [0.15, 0.2) is 60.7 Å². The maximum absolute atomic E-state index is 5.88. The van der Waals surface area contributed by atoms with Gasteiger partial charge < -0.3 is 4.74 Å². The van der Waals surface area contributed by atoms with Crippen molar-refractivity contribution in [3.8, 4) is 0 Å². The summed E-state index contributed by atoms with van der Waals surface area (Å²) in [6.45, 7) is 2.47. The monoisotopic (exact) mass is 270 g/mol. The Balaban J connectivity index is 1.77. The lowest BCUT2D eigenvalue weighted by atomic mass is 10.1. The Hall–Kier alpha value is -1.68. The molecule has 0 bridgehead atoms. The Morgan fingerprint density at radius 1 is 0.950 bits per heavy atom. The van der Waals surface area contributed by atoms with Crippen LogP contribution >= 0.6 is 0 Å². The zero-order chi connectivity index (χ0) is 13.8. The molecule has 2 atom stereocenters. The van der Waals surface area contributed by atoms with E-state index >= 15 is 0 Å². The van der Waals surface area contributed by atoms with Crippen molar-refractivity contribution in [2.24, 2.45) is 0 Å². The van der Waals surface area contributed by atoms with Crippen molar-refractivity contribution in [1.82, 2.24) is 0 Å². The average molecular weight is 270 g/mol. The highest BCUT2D eigenvalue weighted by Gasteiger charge is 2.34. The van der Waals surface area contributed by atoms with E-state index in [2.05, 4.69) is 0 Å². The van der Waals surface area contributed by atoms with Crippen molar-refractivity contribution in [3.63, 3.8) is 0 Å². The molecule has 1 saturated heterocycles. The molecule has 1 aliphatic rings. The third-order valence-corrected chi connectivity index (χ3v) is 3.55. The highest BCUT2D eigenvalue weighted by Crippen LogP contribution is 2.34. The molecule has 104 valence electrons. The van der Waals surface area contributed by atoms with Gasteiger partial charge in [0.25, 0.3) is 0 Å². The Morgan fingerprint density at radius 2 is 1.60 bits per heavy atom. The smallest absolute Gasteiger partial charge is 0.224 e. The Kier molecular flexibility index (Phi) is 3.83. The summed E-state index contributed by atoms with van der Waals surface area (Å²) in [6.07, 6.45) is 0.675. The molecule has 0 amide bonds. The van der Waals surface area contributed by atoms with Crippen molar-refractivity contribution in [2.75, 3.05) is 6.61 Å². The second-order valence-electron chi connectivity index (χ2n) is 5.03. The van der Waals surface area contributed by atoms with E-state index in [1.165, 1.54) is 0 Å². The molecule has 0 spiro atoms. The highest BCUT2D eigenvalue weighted by molar-refractivity contribution is 5.20. The molecule has 20 heavy (non-hydrogen) atoms. The second-order valence-corrected chi connectivity index (χ2v) is 5.03. The molecule has 0 radical (unpaired) electrons. The summed E-state index contributed by atoms with van der Waals surface area (Å²) in [5.74, 6) is -0.856. The normalized spacial score (nSPS) is 26.9. The van der Waals surface area contributed by atoms with Gasteiger partial charge in [0.2, 0.25) is 5.79 Å². The van der Waals surface area contributed by atoms with E-state index in [4.69, 9.17) is 14.5 Å². The van der Waals surface area contributed by atoms with Gasteiger partial charge in [-0.05, 0) is 12.5 Å². The molecule has 2 unspecified atom stereocenters. The molecule has 3 rings (SSSR count). The van der Waals surface area contributed by atoms with Crippen LogP contribution in [0.2, 0.25) is 0 Å². The minimum absolute atomic E-state index is 0.0956. The predicted molar refractivity (Wildman–Crippen MR) is 75.7 cm³/mol. The van der Waals surface area contributed by atoms with Crippen LogP contribution in [0.1, 0.15) is 30.6 Å². The van der Waals surface area contributed by atoms with Crippen molar-refractivity contribution in [3.05, 3.63) is 71.8 Å². The van der Waals surface area contributed by atoms with Crippen molar-refractivity contribution < 1.29 is 14.5 Å². The summed E-state index contributed by atoms with van der Waals surface area (Å²) in [5.41, 5.74) is 2.06. The molecule has 0 N–H and O–H groups in total. The lowest BCUT2D eigenvalue weighted by Crippen LogP contribution is -2.28. The summed E-state index contributed by atoms with van der Waals surface area (Å²) in [4.78, 5) is 11.3. The first-order valence-corrected chi connectivity index (χ1v) is 6.87. The highest BCUT2D eigenvalue weighted by atomic mass is 17.2. The van der Waals surface area contributed by atoms with E-state index in [0.717, 1.165) is 17.5 Å². The van der Waals surface area contributed by atoms with Crippen LogP contribution < -0.4 is 0 Å². The van der Waals surface area contributed by atoms with Crippen molar-refractivity contribution in [2.45, 2.75) is 25.2 Å². The van der Waals surface area contributed by atoms with Gasteiger partial charge in [0.05, 0.1) is 6.61 Å². The van der Waals surface area contributed by atoms with Crippen LogP contribution in [0.5, 0.6) is 0 Å². The van der Waals surface area contributed by atoms with E-state index in [1.807, 2.05) is 67.6 Å². The Morgan fingerprint density at radius 3 is 2.30 bits per heavy atom. The molecule has 2 aromatic carbocycles. The van der Waals surface area contributed by atoms with E-state index in [1.54, 1.807) is 0 Å². The van der Waals surface area contributed by atoms with Crippen LogP contribution in [-0.4, -0.2) is 6.61 Å². The zero-order valence-corrected chi connectivity index (χ0v) is 11.5. The molecule has 0 saturated carbocycles. The maximum Gasteiger partial charge on any atom is 0.224 e.